The van der Waals surface area contributed by atoms with Crippen molar-refractivity contribution < 1.29 is 14.4 Å². The van der Waals surface area contributed by atoms with Gasteiger partial charge in [-0.3, -0.25) is 14.4 Å². The molecule has 1 atom stereocenters. The summed E-state index contributed by atoms with van der Waals surface area (Å²) in [6, 6.07) is 7.60. The van der Waals surface area contributed by atoms with Gasteiger partial charge in [0.1, 0.15) is 0 Å². The zero-order chi connectivity index (χ0) is 18.7. The Morgan fingerprint density at radius 2 is 1.69 bits per heavy atom. The summed E-state index contributed by atoms with van der Waals surface area (Å²) < 4.78 is 0. The lowest BCUT2D eigenvalue weighted by molar-refractivity contribution is -0.141. The normalized spacial score (nSPS) is 20.6. The average molecular weight is 378 g/mol. The van der Waals surface area contributed by atoms with Crippen LogP contribution in [0.4, 0.5) is 0 Å². The van der Waals surface area contributed by atoms with Crippen LogP contribution in [0.15, 0.2) is 24.3 Å². The van der Waals surface area contributed by atoms with E-state index >= 15 is 0 Å². The minimum atomic E-state index is -0.267. The van der Waals surface area contributed by atoms with Crippen LogP contribution in [0.2, 0.25) is 5.02 Å². The molecule has 6 nitrogen and oxygen atoms in total. The first-order valence-corrected chi connectivity index (χ1v) is 9.38. The maximum Gasteiger partial charge on any atom is 0.228 e. The highest BCUT2D eigenvalue weighted by Crippen LogP contribution is 2.21. The predicted molar refractivity (Wildman–Crippen MR) is 98.7 cm³/mol. The first kappa shape index (κ1) is 18.7. The Morgan fingerprint density at radius 1 is 1.08 bits per heavy atom. The molecule has 0 saturated carbocycles. The SMILES string of the molecule is CC(=O)N1CCN(C(=O)C2CC(=O)N(CCc3ccc(Cl)cc3)C2)CC1. The molecule has 3 rings (SSSR count). The quantitative estimate of drug-likeness (QED) is 0.797. The van der Waals surface area contributed by atoms with Gasteiger partial charge in [-0.05, 0) is 24.1 Å². The van der Waals surface area contributed by atoms with Crippen molar-refractivity contribution in [2.24, 2.45) is 5.92 Å². The first-order chi connectivity index (χ1) is 12.4. The molecule has 1 unspecified atom stereocenters. The molecule has 2 aliphatic rings. The molecule has 1 aromatic rings. The summed E-state index contributed by atoms with van der Waals surface area (Å²) in [5.41, 5.74) is 1.12. The van der Waals surface area contributed by atoms with Crippen LogP contribution in [0, 0.1) is 5.92 Å². The van der Waals surface area contributed by atoms with E-state index in [1.165, 1.54) is 0 Å². The molecular weight excluding hydrogens is 354 g/mol. The van der Waals surface area contributed by atoms with E-state index < -0.39 is 0 Å². The Morgan fingerprint density at radius 3 is 2.31 bits per heavy atom. The predicted octanol–water partition coefficient (Wildman–Crippen LogP) is 1.42. The van der Waals surface area contributed by atoms with E-state index in [2.05, 4.69) is 0 Å². The number of hydrogen-bond donors (Lipinski definition) is 0. The average Bonchev–Trinajstić information content (AvgIpc) is 3.01. The third-order valence-corrected chi connectivity index (χ3v) is 5.44. The lowest BCUT2D eigenvalue weighted by atomic mass is 10.1. The Bertz CT molecular complexity index is 684. The number of carbonyl (C=O) groups is 3. The smallest absolute Gasteiger partial charge is 0.228 e. The number of amides is 3. The zero-order valence-corrected chi connectivity index (χ0v) is 15.7. The molecule has 2 heterocycles. The molecule has 0 spiro atoms. The third kappa shape index (κ3) is 4.36. The van der Waals surface area contributed by atoms with E-state index in [0.717, 1.165) is 12.0 Å². The number of rotatable bonds is 4. The maximum absolute atomic E-state index is 12.7. The van der Waals surface area contributed by atoms with Gasteiger partial charge in [0.15, 0.2) is 0 Å². The maximum atomic E-state index is 12.7. The minimum absolute atomic E-state index is 0.0375. The number of carbonyl (C=O) groups excluding carboxylic acids is 3. The zero-order valence-electron chi connectivity index (χ0n) is 15.0. The number of likely N-dealkylation sites (tertiary alicyclic amines) is 1. The van der Waals surface area contributed by atoms with Gasteiger partial charge in [-0.25, -0.2) is 0 Å². The van der Waals surface area contributed by atoms with Gasteiger partial charge in [0.05, 0.1) is 5.92 Å². The molecule has 26 heavy (non-hydrogen) atoms. The fourth-order valence-corrected chi connectivity index (χ4v) is 3.69. The molecule has 0 N–H and O–H groups in total. The van der Waals surface area contributed by atoms with Crippen molar-refractivity contribution in [1.29, 1.82) is 0 Å². The highest BCUT2D eigenvalue weighted by Gasteiger charge is 2.37. The number of halogens is 1. The standard InChI is InChI=1S/C19H24ClN3O3/c1-14(24)21-8-10-22(11-9-21)19(26)16-12-18(25)23(13-16)7-6-15-2-4-17(20)5-3-15/h2-5,16H,6-13H2,1H3. The van der Waals surface area contributed by atoms with Gasteiger partial charge in [-0.2, -0.15) is 0 Å². The van der Waals surface area contributed by atoms with Crippen LogP contribution in [0.5, 0.6) is 0 Å². The van der Waals surface area contributed by atoms with E-state index in [-0.39, 0.29) is 30.1 Å². The summed E-state index contributed by atoms with van der Waals surface area (Å²) in [7, 11) is 0. The fraction of sp³-hybridized carbons (Fsp3) is 0.526. The first-order valence-electron chi connectivity index (χ1n) is 9.00. The lowest BCUT2D eigenvalue weighted by Crippen LogP contribution is -2.51. The Balaban J connectivity index is 1.50. The minimum Gasteiger partial charge on any atom is -0.342 e. The molecule has 0 aromatic heterocycles. The van der Waals surface area contributed by atoms with E-state index in [1.807, 2.05) is 24.3 Å². The van der Waals surface area contributed by atoms with Crippen molar-refractivity contribution in [3.05, 3.63) is 34.9 Å². The van der Waals surface area contributed by atoms with E-state index in [4.69, 9.17) is 11.6 Å². The highest BCUT2D eigenvalue weighted by molar-refractivity contribution is 6.30. The number of hydrogen-bond acceptors (Lipinski definition) is 3. The van der Waals surface area contributed by atoms with Crippen LogP contribution in [0.1, 0.15) is 18.9 Å². The van der Waals surface area contributed by atoms with E-state index in [9.17, 15) is 14.4 Å². The van der Waals surface area contributed by atoms with Crippen molar-refractivity contribution in [3.8, 4) is 0 Å². The van der Waals surface area contributed by atoms with Gasteiger partial charge in [-0.15, -0.1) is 0 Å². The number of piperazine rings is 1. The van der Waals surface area contributed by atoms with Gasteiger partial charge in [0.25, 0.3) is 0 Å². The molecule has 0 radical (unpaired) electrons. The fourth-order valence-electron chi connectivity index (χ4n) is 3.57. The van der Waals surface area contributed by atoms with Crippen LogP contribution in [-0.4, -0.2) is 71.7 Å². The van der Waals surface area contributed by atoms with Crippen LogP contribution in [0.25, 0.3) is 0 Å². The second kappa shape index (κ2) is 8.08. The summed E-state index contributed by atoms with van der Waals surface area (Å²) >= 11 is 5.89. The molecular formula is C19H24ClN3O3. The monoisotopic (exact) mass is 377 g/mol. The van der Waals surface area contributed by atoms with Crippen LogP contribution in [-0.2, 0) is 20.8 Å². The van der Waals surface area contributed by atoms with Crippen LogP contribution >= 0.6 is 11.6 Å². The van der Waals surface area contributed by atoms with Gasteiger partial charge < -0.3 is 14.7 Å². The summed E-state index contributed by atoms with van der Waals surface area (Å²) in [4.78, 5) is 41.7. The number of nitrogens with zero attached hydrogens (tertiary/aromatic N) is 3. The third-order valence-electron chi connectivity index (χ3n) is 5.18. The second-order valence-electron chi connectivity index (χ2n) is 6.95. The van der Waals surface area contributed by atoms with Crippen LogP contribution < -0.4 is 0 Å². The largest absolute Gasteiger partial charge is 0.342 e. The van der Waals surface area contributed by atoms with Crippen molar-refractivity contribution >= 4 is 29.3 Å². The molecule has 0 bridgehead atoms. The summed E-state index contributed by atoms with van der Waals surface area (Å²) in [6.07, 6.45) is 1.04. The molecule has 7 heteroatoms. The van der Waals surface area contributed by atoms with Crippen molar-refractivity contribution in [1.82, 2.24) is 14.7 Å². The second-order valence-corrected chi connectivity index (χ2v) is 7.39. The van der Waals surface area contributed by atoms with E-state index in [1.54, 1.807) is 21.6 Å². The Hall–Kier alpha value is -2.08. The van der Waals surface area contributed by atoms with Crippen molar-refractivity contribution in [2.75, 3.05) is 39.3 Å². The summed E-state index contributed by atoms with van der Waals surface area (Å²) in [5.74, 6) is -0.145. The van der Waals surface area contributed by atoms with Gasteiger partial charge >= 0.3 is 0 Å². The molecule has 2 aliphatic heterocycles. The van der Waals surface area contributed by atoms with Gasteiger partial charge in [-0.1, -0.05) is 23.7 Å². The molecule has 3 amide bonds. The van der Waals surface area contributed by atoms with Crippen molar-refractivity contribution in [2.45, 2.75) is 19.8 Å². The molecule has 0 aliphatic carbocycles. The number of benzene rings is 1. The Labute approximate surface area is 158 Å². The molecule has 2 fully saturated rings. The lowest BCUT2D eigenvalue weighted by Gasteiger charge is -2.35. The Kier molecular flexibility index (Phi) is 5.81. The van der Waals surface area contributed by atoms with Gasteiger partial charge in [0, 0.05) is 57.6 Å². The van der Waals surface area contributed by atoms with Crippen LogP contribution in [0.3, 0.4) is 0 Å². The molecule has 1 aromatic carbocycles. The summed E-state index contributed by atoms with van der Waals surface area (Å²) in [5, 5.41) is 0.696. The molecule has 140 valence electrons. The summed E-state index contributed by atoms with van der Waals surface area (Å²) in [6.45, 7) is 4.89. The molecule has 2 saturated heterocycles. The van der Waals surface area contributed by atoms with E-state index in [0.29, 0.717) is 44.3 Å². The topological polar surface area (TPSA) is 60.9 Å². The van der Waals surface area contributed by atoms with Gasteiger partial charge in [0.2, 0.25) is 17.7 Å². The van der Waals surface area contributed by atoms with Crippen molar-refractivity contribution in [3.63, 3.8) is 0 Å². The highest BCUT2D eigenvalue weighted by atomic mass is 35.5.